The van der Waals surface area contributed by atoms with Crippen molar-refractivity contribution in [3.63, 3.8) is 0 Å². The van der Waals surface area contributed by atoms with E-state index in [1.165, 1.54) is 27.5 Å². The lowest BCUT2D eigenvalue weighted by Crippen LogP contribution is -1.86. The fourth-order valence-corrected chi connectivity index (χ4v) is 2.58. The van der Waals surface area contributed by atoms with Crippen LogP contribution in [-0.2, 0) is 0 Å². The standard InChI is InChI=1S/C18H15ClO/c1-12-9-15(13-3-6-16(19)7-4-13)10-14-5-8-17(20-2)11-18(12)14/h3-11H,1-2H3. The van der Waals surface area contributed by atoms with Crippen LogP contribution in [0.3, 0.4) is 0 Å². The lowest BCUT2D eigenvalue weighted by molar-refractivity contribution is 0.415. The zero-order chi connectivity index (χ0) is 14.1. The summed E-state index contributed by atoms with van der Waals surface area (Å²) in [5.41, 5.74) is 3.62. The fraction of sp³-hybridized carbons (Fsp3) is 0.111. The van der Waals surface area contributed by atoms with Gasteiger partial charge < -0.3 is 4.74 Å². The van der Waals surface area contributed by atoms with Crippen LogP contribution in [0.2, 0.25) is 5.02 Å². The summed E-state index contributed by atoms with van der Waals surface area (Å²) in [5.74, 6) is 0.889. The molecule has 0 heterocycles. The lowest BCUT2D eigenvalue weighted by Gasteiger charge is -2.09. The smallest absolute Gasteiger partial charge is 0.119 e. The van der Waals surface area contributed by atoms with Crippen molar-refractivity contribution >= 4 is 22.4 Å². The van der Waals surface area contributed by atoms with Crippen LogP contribution in [0, 0.1) is 6.92 Å². The molecule has 0 aliphatic rings. The Morgan fingerprint density at radius 1 is 0.850 bits per heavy atom. The number of hydrogen-bond acceptors (Lipinski definition) is 1. The van der Waals surface area contributed by atoms with Gasteiger partial charge in [-0.3, -0.25) is 0 Å². The molecule has 0 fully saturated rings. The minimum absolute atomic E-state index is 0.760. The molecule has 0 saturated heterocycles. The predicted molar refractivity (Wildman–Crippen MR) is 85.7 cm³/mol. The molecule has 20 heavy (non-hydrogen) atoms. The molecule has 0 radical (unpaired) electrons. The van der Waals surface area contributed by atoms with E-state index in [4.69, 9.17) is 16.3 Å². The summed E-state index contributed by atoms with van der Waals surface area (Å²) in [6.07, 6.45) is 0. The highest BCUT2D eigenvalue weighted by Crippen LogP contribution is 2.30. The first-order chi connectivity index (χ1) is 9.67. The van der Waals surface area contributed by atoms with Gasteiger partial charge in [-0.15, -0.1) is 0 Å². The summed E-state index contributed by atoms with van der Waals surface area (Å²) in [7, 11) is 1.69. The van der Waals surface area contributed by atoms with Crippen LogP contribution in [-0.4, -0.2) is 7.11 Å². The molecule has 0 amide bonds. The van der Waals surface area contributed by atoms with Crippen molar-refractivity contribution in [1.82, 2.24) is 0 Å². The van der Waals surface area contributed by atoms with E-state index in [1.54, 1.807) is 7.11 Å². The van der Waals surface area contributed by atoms with Gasteiger partial charge in [-0.2, -0.15) is 0 Å². The van der Waals surface area contributed by atoms with E-state index in [0.29, 0.717) is 0 Å². The van der Waals surface area contributed by atoms with E-state index in [1.807, 2.05) is 30.3 Å². The van der Waals surface area contributed by atoms with E-state index >= 15 is 0 Å². The Hall–Kier alpha value is -1.99. The number of hydrogen-bond donors (Lipinski definition) is 0. The second-order valence-corrected chi connectivity index (χ2v) is 5.32. The first kappa shape index (κ1) is 13.0. The Labute approximate surface area is 123 Å². The number of aryl methyl sites for hydroxylation is 1. The normalized spacial score (nSPS) is 10.8. The largest absolute Gasteiger partial charge is 0.497 e. The Balaban J connectivity index is 2.17. The van der Waals surface area contributed by atoms with E-state index in [2.05, 4.69) is 31.2 Å². The van der Waals surface area contributed by atoms with Gasteiger partial charge >= 0.3 is 0 Å². The third-order valence-electron chi connectivity index (χ3n) is 3.55. The van der Waals surface area contributed by atoms with Crippen LogP contribution >= 0.6 is 11.6 Å². The van der Waals surface area contributed by atoms with Crippen molar-refractivity contribution in [3.8, 4) is 16.9 Å². The summed E-state index contributed by atoms with van der Waals surface area (Å²) >= 11 is 5.94. The maximum atomic E-state index is 5.94. The lowest BCUT2D eigenvalue weighted by atomic mass is 9.97. The van der Waals surface area contributed by atoms with Crippen molar-refractivity contribution in [1.29, 1.82) is 0 Å². The molecule has 100 valence electrons. The second-order valence-electron chi connectivity index (χ2n) is 4.89. The molecule has 2 heteroatoms. The highest BCUT2D eigenvalue weighted by atomic mass is 35.5. The van der Waals surface area contributed by atoms with E-state index in [-0.39, 0.29) is 0 Å². The first-order valence-corrected chi connectivity index (χ1v) is 6.89. The third-order valence-corrected chi connectivity index (χ3v) is 3.80. The Kier molecular flexibility index (Phi) is 3.37. The van der Waals surface area contributed by atoms with E-state index in [0.717, 1.165) is 10.8 Å². The fourth-order valence-electron chi connectivity index (χ4n) is 2.46. The predicted octanol–water partition coefficient (Wildman–Crippen LogP) is 5.48. The van der Waals surface area contributed by atoms with Crippen molar-refractivity contribution < 1.29 is 4.74 Å². The van der Waals surface area contributed by atoms with Crippen LogP contribution in [0.4, 0.5) is 0 Å². The number of ether oxygens (including phenoxy) is 1. The molecule has 3 rings (SSSR count). The van der Waals surface area contributed by atoms with E-state index in [9.17, 15) is 0 Å². The molecule has 0 saturated carbocycles. The maximum Gasteiger partial charge on any atom is 0.119 e. The molecule has 0 spiro atoms. The van der Waals surface area contributed by atoms with Crippen molar-refractivity contribution in [2.75, 3.05) is 7.11 Å². The van der Waals surface area contributed by atoms with Crippen LogP contribution in [0.25, 0.3) is 21.9 Å². The molecule has 0 aliphatic carbocycles. The number of benzene rings is 3. The first-order valence-electron chi connectivity index (χ1n) is 6.52. The second kappa shape index (κ2) is 5.18. The van der Waals surface area contributed by atoms with Gasteiger partial charge in [0, 0.05) is 5.02 Å². The molecular formula is C18H15ClO. The number of fused-ring (bicyclic) bond motifs is 1. The SMILES string of the molecule is COc1ccc2cc(-c3ccc(Cl)cc3)cc(C)c2c1. The van der Waals surface area contributed by atoms with Crippen LogP contribution in [0.1, 0.15) is 5.56 Å². The molecule has 0 atom stereocenters. The zero-order valence-corrected chi connectivity index (χ0v) is 12.2. The van der Waals surface area contributed by atoms with Crippen LogP contribution in [0.15, 0.2) is 54.6 Å². The van der Waals surface area contributed by atoms with Gasteiger partial charge in [0.2, 0.25) is 0 Å². The van der Waals surface area contributed by atoms with Crippen molar-refractivity contribution in [3.05, 3.63) is 65.2 Å². The van der Waals surface area contributed by atoms with Crippen molar-refractivity contribution in [2.24, 2.45) is 0 Å². The number of methoxy groups -OCH3 is 1. The Morgan fingerprint density at radius 3 is 2.30 bits per heavy atom. The Bertz CT molecular complexity index is 760. The highest BCUT2D eigenvalue weighted by Gasteiger charge is 2.04. The van der Waals surface area contributed by atoms with Gasteiger partial charge in [0.1, 0.15) is 5.75 Å². The van der Waals surface area contributed by atoms with Crippen LogP contribution in [0.5, 0.6) is 5.75 Å². The Morgan fingerprint density at radius 2 is 1.60 bits per heavy atom. The molecule has 3 aromatic carbocycles. The average molecular weight is 283 g/mol. The van der Waals surface area contributed by atoms with Gasteiger partial charge in [0.15, 0.2) is 0 Å². The molecule has 3 aromatic rings. The monoisotopic (exact) mass is 282 g/mol. The number of rotatable bonds is 2. The zero-order valence-electron chi connectivity index (χ0n) is 11.5. The minimum Gasteiger partial charge on any atom is -0.497 e. The molecule has 1 nitrogen and oxygen atoms in total. The van der Waals surface area contributed by atoms with E-state index < -0.39 is 0 Å². The van der Waals surface area contributed by atoms with Crippen LogP contribution < -0.4 is 4.74 Å². The summed E-state index contributed by atoms with van der Waals surface area (Å²) in [5, 5.41) is 3.20. The molecular weight excluding hydrogens is 268 g/mol. The summed E-state index contributed by atoms with van der Waals surface area (Å²) < 4.78 is 5.29. The quantitative estimate of drug-likeness (QED) is 0.605. The maximum absolute atomic E-state index is 5.94. The third kappa shape index (κ3) is 2.37. The topological polar surface area (TPSA) is 9.23 Å². The van der Waals surface area contributed by atoms with Gasteiger partial charge in [0.25, 0.3) is 0 Å². The number of halogens is 1. The summed E-state index contributed by atoms with van der Waals surface area (Å²) in [6.45, 7) is 2.13. The van der Waals surface area contributed by atoms with Gasteiger partial charge in [-0.1, -0.05) is 35.9 Å². The average Bonchev–Trinajstić information content (AvgIpc) is 2.47. The summed E-state index contributed by atoms with van der Waals surface area (Å²) in [4.78, 5) is 0. The van der Waals surface area contributed by atoms with Gasteiger partial charge in [-0.05, 0) is 64.7 Å². The van der Waals surface area contributed by atoms with Crippen molar-refractivity contribution in [2.45, 2.75) is 6.92 Å². The van der Waals surface area contributed by atoms with Gasteiger partial charge in [0.05, 0.1) is 7.11 Å². The van der Waals surface area contributed by atoms with Gasteiger partial charge in [-0.25, -0.2) is 0 Å². The molecule has 0 aromatic heterocycles. The molecule has 0 bridgehead atoms. The molecule has 0 unspecified atom stereocenters. The molecule has 0 aliphatic heterocycles. The summed E-state index contributed by atoms with van der Waals surface area (Å²) in [6, 6.07) is 18.5. The molecule has 0 N–H and O–H groups in total. The minimum atomic E-state index is 0.760. The highest BCUT2D eigenvalue weighted by molar-refractivity contribution is 6.30.